The largest absolute Gasteiger partial charge is 0.369 e. The molecule has 0 aliphatic rings. The lowest BCUT2D eigenvalue weighted by Crippen LogP contribution is -2.33. The molecule has 1 aromatic heterocycles. The van der Waals surface area contributed by atoms with Gasteiger partial charge in [0.2, 0.25) is 5.91 Å². The molecule has 1 heterocycles. The summed E-state index contributed by atoms with van der Waals surface area (Å²) in [6.45, 7) is 3.46. The lowest BCUT2D eigenvalue weighted by atomic mass is 9.85. The fraction of sp³-hybridized carbons (Fsp3) is 0.400. The van der Waals surface area contributed by atoms with Crippen LogP contribution in [0.3, 0.4) is 0 Å². The summed E-state index contributed by atoms with van der Waals surface area (Å²) in [4.78, 5) is 14.9. The molecule has 82 valence electrons. The number of primary amides is 1. The molecule has 1 rings (SSSR count). The molecule has 1 aromatic rings. The first-order chi connectivity index (χ1) is 6.84. The maximum Gasteiger partial charge on any atom is 0.223 e. The Bertz CT molecular complexity index is 393. The van der Waals surface area contributed by atoms with E-state index in [1.54, 1.807) is 20.0 Å². The van der Waals surface area contributed by atoms with Crippen molar-refractivity contribution >= 4 is 28.5 Å². The minimum absolute atomic E-state index is 0.367. The van der Waals surface area contributed by atoms with Crippen LogP contribution >= 0.6 is 22.6 Å². The zero-order chi connectivity index (χ0) is 11.6. The van der Waals surface area contributed by atoms with Crippen LogP contribution in [0.2, 0.25) is 0 Å². The molecule has 0 aliphatic heterocycles. The third kappa shape index (κ3) is 2.87. The second kappa shape index (κ2) is 4.42. The lowest BCUT2D eigenvalue weighted by Gasteiger charge is -2.20. The summed E-state index contributed by atoms with van der Waals surface area (Å²) in [6.07, 6.45) is 3.11. The number of hydrogen-bond acceptors (Lipinski definition) is 2. The van der Waals surface area contributed by atoms with Crippen molar-refractivity contribution in [1.29, 1.82) is 0 Å². The average molecular weight is 322 g/mol. The molecule has 5 heteroatoms. The van der Waals surface area contributed by atoms with Crippen molar-refractivity contribution in [3.8, 4) is 0 Å². The molecule has 15 heavy (non-hydrogen) atoms. The molecule has 0 spiro atoms. The zero-order valence-electron chi connectivity index (χ0n) is 8.55. The van der Waals surface area contributed by atoms with E-state index in [9.17, 15) is 9.18 Å². The van der Waals surface area contributed by atoms with Gasteiger partial charge in [-0.15, -0.1) is 0 Å². The van der Waals surface area contributed by atoms with Crippen LogP contribution in [0.1, 0.15) is 19.4 Å². The topological polar surface area (TPSA) is 56.0 Å². The second-order valence-corrected chi connectivity index (χ2v) is 5.10. The molecular weight excluding hydrogens is 310 g/mol. The molecule has 0 radical (unpaired) electrons. The van der Waals surface area contributed by atoms with Gasteiger partial charge in [-0.05, 0) is 34.6 Å². The van der Waals surface area contributed by atoms with E-state index in [2.05, 4.69) is 4.98 Å². The number of halogens is 2. The first kappa shape index (κ1) is 12.4. The number of aromatic nitrogens is 1. The van der Waals surface area contributed by atoms with Gasteiger partial charge in [0.1, 0.15) is 0 Å². The number of amides is 1. The van der Waals surface area contributed by atoms with E-state index in [-0.39, 0.29) is 5.82 Å². The van der Waals surface area contributed by atoms with Gasteiger partial charge in [-0.25, -0.2) is 4.39 Å². The molecule has 0 fully saturated rings. The van der Waals surface area contributed by atoms with E-state index in [0.29, 0.717) is 15.6 Å². The van der Waals surface area contributed by atoms with E-state index in [1.807, 2.05) is 22.6 Å². The van der Waals surface area contributed by atoms with Gasteiger partial charge in [-0.3, -0.25) is 9.78 Å². The smallest absolute Gasteiger partial charge is 0.223 e. The summed E-state index contributed by atoms with van der Waals surface area (Å²) >= 11 is 1.90. The van der Waals surface area contributed by atoms with Crippen molar-refractivity contribution in [1.82, 2.24) is 4.98 Å². The van der Waals surface area contributed by atoms with Crippen LogP contribution in [0.15, 0.2) is 12.4 Å². The van der Waals surface area contributed by atoms with E-state index in [0.717, 1.165) is 6.20 Å². The predicted molar refractivity (Wildman–Crippen MR) is 63.6 cm³/mol. The van der Waals surface area contributed by atoms with Gasteiger partial charge in [0.25, 0.3) is 0 Å². The Balaban J connectivity index is 3.00. The Labute approximate surface area is 101 Å². The Hall–Kier alpha value is -0.720. The summed E-state index contributed by atoms with van der Waals surface area (Å²) in [5.41, 5.74) is 5.27. The fourth-order valence-electron chi connectivity index (χ4n) is 1.15. The molecule has 2 N–H and O–H groups in total. The van der Waals surface area contributed by atoms with Crippen LogP contribution in [0.4, 0.5) is 4.39 Å². The van der Waals surface area contributed by atoms with Crippen LogP contribution in [-0.2, 0) is 11.2 Å². The molecule has 0 aliphatic carbocycles. The summed E-state index contributed by atoms with van der Waals surface area (Å²) in [7, 11) is 0. The minimum atomic E-state index is -0.685. The Morgan fingerprint density at radius 2 is 2.20 bits per heavy atom. The highest BCUT2D eigenvalue weighted by atomic mass is 127. The maximum atomic E-state index is 13.2. The van der Waals surface area contributed by atoms with Gasteiger partial charge in [0.05, 0.1) is 9.77 Å². The number of carbonyl (C=O) groups is 1. The molecule has 0 aromatic carbocycles. The highest BCUT2D eigenvalue weighted by molar-refractivity contribution is 14.1. The monoisotopic (exact) mass is 322 g/mol. The molecule has 0 unspecified atom stereocenters. The van der Waals surface area contributed by atoms with E-state index in [1.165, 1.54) is 0 Å². The quantitative estimate of drug-likeness (QED) is 0.864. The molecule has 0 saturated heterocycles. The molecular formula is C10H12FIN2O. The fourth-order valence-corrected chi connectivity index (χ4v) is 1.62. The molecule has 0 saturated carbocycles. The number of hydrogen-bond donors (Lipinski definition) is 1. The van der Waals surface area contributed by atoms with Gasteiger partial charge in [-0.1, -0.05) is 13.8 Å². The normalized spacial score (nSPS) is 11.5. The Morgan fingerprint density at radius 3 is 2.73 bits per heavy atom. The van der Waals surface area contributed by atoms with Gasteiger partial charge in [-0.2, -0.15) is 0 Å². The highest BCUT2D eigenvalue weighted by Gasteiger charge is 2.26. The number of nitrogens with two attached hydrogens (primary N) is 1. The number of nitrogens with zero attached hydrogens (tertiary/aromatic N) is 1. The number of rotatable bonds is 3. The first-order valence-electron chi connectivity index (χ1n) is 4.42. The summed E-state index contributed by atoms with van der Waals surface area (Å²) < 4.78 is 13.7. The first-order valence-corrected chi connectivity index (χ1v) is 5.50. The Kier molecular flexibility index (Phi) is 3.64. The molecule has 0 bridgehead atoms. The third-order valence-corrected chi connectivity index (χ3v) is 3.42. The van der Waals surface area contributed by atoms with Crippen molar-refractivity contribution < 1.29 is 9.18 Å². The second-order valence-electron chi connectivity index (χ2n) is 4.02. The van der Waals surface area contributed by atoms with Crippen LogP contribution in [0.5, 0.6) is 0 Å². The zero-order valence-corrected chi connectivity index (χ0v) is 10.7. The number of pyridine rings is 1. The van der Waals surface area contributed by atoms with Crippen LogP contribution in [0, 0.1) is 14.8 Å². The minimum Gasteiger partial charge on any atom is -0.369 e. The van der Waals surface area contributed by atoms with Crippen LogP contribution in [-0.4, -0.2) is 10.9 Å². The van der Waals surface area contributed by atoms with Crippen molar-refractivity contribution in [3.63, 3.8) is 0 Å². The van der Waals surface area contributed by atoms with E-state index in [4.69, 9.17) is 5.73 Å². The average Bonchev–Trinajstić information content (AvgIpc) is 2.12. The van der Waals surface area contributed by atoms with Gasteiger partial charge >= 0.3 is 0 Å². The van der Waals surface area contributed by atoms with Gasteiger partial charge in [0.15, 0.2) is 5.82 Å². The highest BCUT2D eigenvalue weighted by Crippen LogP contribution is 2.25. The maximum absolute atomic E-state index is 13.2. The molecule has 3 nitrogen and oxygen atoms in total. The van der Waals surface area contributed by atoms with E-state index >= 15 is 0 Å². The summed E-state index contributed by atoms with van der Waals surface area (Å²) in [5.74, 6) is -0.768. The third-order valence-electron chi connectivity index (χ3n) is 2.21. The van der Waals surface area contributed by atoms with Crippen molar-refractivity contribution in [3.05, 3.63) is 27.3 Å². The molecule has 1 amide bonds. The lowest BCUT2D eigenvalue weighted by molar-refractivity contribution is -0.125. The van der Waals surface area contributed by atoms with Crippen LogP contribution < -0.4 is 5.73 Å². The SMILES string of the molecule is CC(C)(Cc1cncc(F)c1I)C(N)=O. The summed E-state index contributed by atoms with van der Waals surface area (Å²) in [6, 6.07) is 0. The van der Waals surface area contributed by atoms with Gasteiger partial charge in [0, 0.05) is 11.6 Å². The van der Waals surface area contributed by atoms with Crippen molar-refractivity contribution in [2.45, 2.75) is 20.3 Å². The van der Waals surface area contributed by atoms with Gasteiger partial charge < -0.3 is 5.73 Å². The standard InChI is InChI=1S/C10H12FIN2O/c1-10(2,9(13)15)3-6-4-14-5-7(11)8(6)12/h4-5H,3H2,1-2H3,(H2,13,15). The van der Waals surface area contributed by atoms with Crippen LogP contribution in [0.25, 0.3) is 0 Å². The van der Waals surface area contributed by atoms with Crippen molar-refractivity contribution in [2.24, 2.45) is 11.1 Å². The Morgan fingerprint density at radius 1 is 1.60 bits per heavy atom. The molecule has 0 atom stereocenters. The van der Waals surface area contributed by atoms with E-state index < -0.39 is 11.3 Å². The summed E-state index contributed by atoms with van der Waals surface area (Å²) in [5, 5.41) is 0. The predicted octanol–water partition coefficient (Wildman–Crippen LogP) is 1.88. The number of carbonyl (C=O) groups excluding carboxylic acids is 1. The van der Waals surface area contributed by atoms with Crippen molar-refractivity contribution in [2.75, 3.05) is 0 Å².